The summed E-state index contributed by atoms with van der Waals surface area (Å²) < 4.78 is 5.50. The number of thiophene rings is 1. The number of ether oxygens (including phenoxy) is 1. The van der Waals surface area contributed by atoms with Gasteiger partial charge in [0.2, 0.25) is 0 Å². The Kier molecular flexibility index (Phi) is 4.68. The second-order valence-electron chi connectivity index (χ2n) is 4.53. The van der Waals surface area contributed by atoms with Crippen LogP contribution in [0.4, 0.5) is 5.69 Å². The maximum atomic E-state index is 11.5. The summed E-state index contributed by atoms with van der Waals surface area (Å²) in [5, 5.41) is 3.42. The summed E-state index contributed by atoms with van der Waals surface area (Å²) in [5.74, 6) is -0.322. The molecule has 20 heavy (non-hydrogen) atoms. The molecule has 1 N–H and O–H groups in total. The lowest BCUT2D eigenvalue weighted by molar-refractivity contribution is 0.0600. The lowest BCUT2D eigenvalue weighted by Gasteiger charge is -2.16. The monoisotopic (exact) mass is 309 g/mol. The Hall–Kier alpha value is -1.52. The Morgan fingerprint density at radius 1 is 1.35 bits per heavy atom. The Morgan fingerprint density at radius 3 is 2.65 bits per heavy atom. The van der Waals surface area contributed by atoms with Crippen LogP contribution in [0.1, 0.15) is 33.8 Å². The van der Waals surface area contributed by atoms with E-state index in [1.54, 1.807) is 17.4 Å². The van der Waals surface area contributed by atoms with Crippen molar-refractivity contribution in [2.24, 2.45) is 0 Å². The highest BCUT2D eigenvalue weighted by Crippen LogP contribution is 2.30. The molecule has 1 aromatic heterocycles. The van der Waals surface area contributed by atoms with E-state index in [4.69, 9.17) is 16.3 Å². The van der Waals surface area contributed by atoms with Gasteiger partial charge < -0.3 is 10.1 Å². The summed E-state index contributed by atoms with van der Waals surface area (Å²) in [6, 6.07) is 9.55. The SMILES string of the molecule is COC(=O)c1ccc(NC(C)c2ccc(Cl)s2)c(C)c1. The van der Waals surface area contributed by atoms with E-state index >= 15 is 0 Å². The van der Waals surface area contributed by atoms with Gasteiger partial charge in [-0.2, -0.15) is 0 Å². The van der Waals surface area contributed by atoms with Crippen molar-refractivity contribution < 1.29 is 9.53 Å². The van der Waals surface area contributed by atoms with Crippen LogP contribution in [-0.4, -0.2) is 13.1 Å². The highest BCUT2D eigenvalue weighted by atomic mass is 35.5. The smallest absolute Gasteiger partial charge is 0.337 e. The van der Waals surface area contributed by atoms with Crippen LogP contribution in [0.15, 0.2) is 30.3 Å². The summed E-state index contributed by atoms with van der Waals surface area (Å²) in [6.07, 6.45) is 0. The highest BCUT2D eigenvalue weighted by Gasteiger charge is 2.11. The van der Waals surface area contributed by atoms with Gasteiger partial charge in [-0.05, 0) is 49.7 Å². The first kappa shape index (κ1) is 14.9. The molecule has 5 heteroatoms. The molecule has 1 aromatic carbocycles. The fraction of sp³-hybridized carbons (Fsp3) is 0.267. The number of rotatable bonds is 4. The van der Waals surface area contributed by atoms with Crippen LogP contribution in [0, 0.1) is 6.92 Å². The number of halogens is 1. The standard InChI is InChI=1S/C15H16ClNO2S/c1-9-8-11(15(18)19-3)4-5-12(9)17-10(2)13-6-7-14(16)20-13/h4-8,10,17H,1-3H3. The number of esters is 1. The maximum absolute atomic E-state index is 11.5. The van der Waals surface area contributed by atoms with Gasteiger partial charge in [-0.1, -0.05) is 11.6 Å². The number of aryl methyl sites for hydroxylation is 1. The molecule has 2 rings (SSSR count). The van der Waals surface area contributed by atoms with Gasteiger partial charge in [0.25, 0.3) is 0 Å². The molecule has 1 atom stereocenters. The van der Waals surface area contributed by atoms with E-state index in [0.29, 0.717) is 5.56 Å². The zero-order valence-electron chi connectivity index (χ0n) is 11.6. The molecule has 0 amide bonds. The average molecular weight is 310 g/mol. The molecule has 1 heterocycles. The number of anilines is 1. The Morgan fingerprint density at radius 2 is 2.10 bits per heavy atom. The third-order valence-corrected chi connectivity index (χ3v) is 4.45. The van der Waals surface area contributed by atoms with Crippen LogP contribution in [0.5, 0.6) is 0 Å². The number of hydrogen-bond acceptors (Lipinski definition) is 4. The quantitative estimate of drug-likeness (QED) is 0.834. The summed E-state index contributed by atoms with van der Waals surface area (Å²) in [5.41, 5.74) is 2.56. The van der Waals surface area contributed by atoms with E-state index in [1.807, 2.05) is 31.2 Å². The van der Waals surface area contributed by atoms with Crippen molar-refractivity contribution in [3.05, 3.63) is 50.7 Å². The minimum atomic E-state index is -0.322. The summed E-state index contributed by atoms with van der Waals surface area (Å²) >= 11 is 7.51. The molecule has 0 saturated heterocycles. The molecule has 0 spiro atoms. The normalized spacial score (nSPS) is 12.0. The number of carbonyl (C=O) groups excluding carboxylic acids is 1. The van der Waals surface area contributed by atoms with E-state index in [9.17, 15) is 4.79 Å². The molecular formula is C15H16ClNO2S. The molecule has 0 bridgehead atoms. The Labute approximate surface area is 127 Å². The van der Waals surface area contributed by atoms with Crippen molar-refractivity contribution in [3.8, 4) is 0 Å². The predicted octanol–water partition coefficient (Wildman–Crippen LogP) is 4.67. The first-order valence-corrected chi connectivity index (χ1v) is 7.41. The molecular weight excluding hydrogens is 294 g/mol. The van der Waals surface area contributed by atoms with Crippen LogP contribution in [0.2, 0.25) is 4.34 Å². The average Bonchev–Trinajstić information content (AvgIpc) is 2.86. The lowest BCUT2D eigenvalue weighted by Crippen LogP contribution is -2.07. The van der Waals surface area contributed by atoms with Crippen molar-refractivity contribution >= 4 is 34.6 Å². The third kappa shape index (κ3) is 3.32. The van der Waals surface area contributed by atoms with Crippen molar-refractivity contribution in [2.45, 2.75) is 19.9 Å². The molecule has 2 aromatic rings. The number of nitrogens with one attached hydrogen (secondary N) is 1. The van der Waals surface area contributed by atoms with E-state index in [-0.39, 0.29) is 12.0 Å². The fourth-order valence-electron chi connectivity index (χ4n) is 1.94. The first-order chi connectivity index (χ1) is 9.51. The Bertz CT molecular complexity index is 624. The molecule has 0 aliphatic carbocycles. The highest BCUT2D eigenvalue weighted by molar-refractivity contribution is 7.16. The molecule has 106 valence electrons. The zero-order valence-corrected chi connectivity index (χ0v) is 13.1. The molecule has 0 aliphatic rings. The first-order valence-electron chi connectivity index (χ1n) is 6.22. The van der Waals surface area contributed by atoms with Gasteiger partial charge in [0, 0.05) is 10.6 Å². The largest absolute Gasteiger partial charge is 0.465 e. The topological polar surface area (TPSA) is 38.3 Å². The van der Waals surface area contributed by atoms with Crippen LogP contribution in [0.3, 0.4) is 0 Å². The number of hydrogen-bond donors (Lipinski definition) is 1. The second kappa shape index (κ2) is 6.29. The minimum Gasteiger partial charge on any atom is -0.465 e. The van der Waals surface area contributed by atoms with E-state index in [0.717, 1.165) is 15.6 Å². The van der Waals surface area contributed by atoms with Gasteiger partial charge in [0.1, 0.15) is 0 Å². The molecule has 0 aliphatic heterocycles. The second-order valence-corrected chi connectivity index (χ2v) is 6.28. The van der Waals surface area contributed by atoms with Crippen LogP contribution < -0.4 is 5.32 Å². The zero-order chi connectivity index (χ0) is 14.7. The van der Waals surface area contributed by atoms with Gasteiger partial charge in [0.05, 0.1) is 23.1 Å². The van der Waals surface area contributed by atoms with Crippen molar-refractivity contribution in [1.29, 1.82) is 0 Å². The Balaban J connectivity index is 2.15. The van der Waals surface area contributed by atoms with E-state index in [1.165, 1.54) is 12.0 Å². The molecule has 0 fully saturated rings. The molecule has 0 radical (unpaired) electrons. The van der Waals surface area contributed by atoms with E-state index < -0.39 is 0 Å². The molecule has 0 saturated carbocycles. The van der Waals surface area contributed by atoms with Crippen molar-refractivity contribution in [2.75, 3.05) is 12.4 Å². The third-order valence-electron chi connectivity index (χ3n) is 3.04. The van der Waals surface area contributed by atoms with Crippen molar-refractivity contribution in [3.63, 3.8) is 0 Å². The summed E-state index contributed by atoms with van der Waals surface area (Å²) in [6.45, 7) is 4.04. The van der Waals surface area contributed by atoms with Crippen LogP contribution >= 0.6 is 22.9 Å². The summed E-state index contributed by atoms with van der Waals surface area (Å²) in [4.78, 5) is 12.6. The minimum absolute atomic E-state index is 0.162. The van der Waals surface area contributed by atoms with E-state index in [2.05, 4.69) is 12.2 Å². The van der Waals surface area contributed by atoms with Gasteiger partial charge in [-0.15, -0.1) is 11.3 Å². The van der Waals surface area contributed by atoms with Crippen molar-refractivity contribution in [1.82, 2.24) is 0 Å². The fourth-order valence-corrected chi connectivity index (χ4v) is 3.00. The lowest BCUT2D eigenvalue weighted by atomic mass is 10.1. The van der Waals surface area contributed by atoms with Gasteiger partial charge in [0.15, 0.2) is 0 Å². The van der Waals surface area contributed by atoms with Crippen LogP contribution in [0.25, 0.3) is 0 Å². The van der Waals surface area contributed by atoms with Gasteiger partial charge in [-0.25, -0.2) is 4.79 Å². The summed E-state index contributed by atoms with van der Waals surface area (Å²) in [7, 11) is 1.38. The van der Waals surface area contributed by atoms with Gasteiger partial charge >= 0.3 is 5.97 Å². The molecule has 1 unspecified atom stereocenters. The van der Waals surface area contributed by atoms with Crippen LogP contribution in [-0.2, 0) is 4.74 Å². The predicted molar refractivity (Wildman–Crippen MR) is 83.9 cm³/mol. The maximum Gasteiger partial charge on any atom is 0.337 e. The number of carbonyl (C=O) groups is 1. The number of benzene rings is 1. The van der Waals surface area contributed by atoms with Gasteiger partial charge in [-0.3, -0.25) is 0 Å². The molecule has 3 nitrogen and oxygen atoms in total. The number of methoxy groups -OCH3 is 1.